The molecule has 0 aliphatic carbocycles. The minimum atomic E-state index is -0.380. The highest BCUT2D eigenvalue weighted by Crippen LogP contribution is 2.27. The molecule has 1 saturated heterocycles. The third kappa shape index (κ3) is 4.12. The predicted molar refractivity (Wildman–Crippen MR) is 98.2 cm³/mol. The number of benzene rings is 2. The molecule has 1 fully saturated rings. The van der Waals surface area contributed by atoms with E-state index < -0.39 is 0 Å². The van der Waals surface area contributed by atoms with E-state index in [0.717, 1.165) is 11.4 Å². The van der Waals surface area contributed by atoms with Crippen LogP contribution >= 0.6 is 11.6 Å². The van der Waals surface area contributed by atoms with Crippen LogP contribution in [0.3, 0.4) is 0 Å². The predicted octanol–water partition coefficient (Wildman–Crippen LogP) is 3.73. The van der Waals surface area contributed by atoms with Crippen LogP contribution in [0.4, 0.5) is 11.4 Å². The molecule has 1 N–H and O–H groups in total. The fourth-order valence-corrected chi connectivity index (χ4v) is 2.93. The lowest BCUT2D eigenvalue weighted by Crippen LogP contribution is -2.28. The van der Waals surface area contributed by atoms with Gasteiger partial charge in [-0.1, -0.05) is 11.6 Å². The molecular weight excluding hydrogens is 340 g/mol. The third-order valence-corrected chi connectivity index (χ3v) is 4.32. The number of nitrogens with zero attached hydrogens (tertiary/aromatic N) is 1. The summed E-state index contributed by atoms with van der Waals surface area (Å²) in [5, 5.41) is 3.44. The van der Waals surface area contributed by atoms with Gasteiger partial charge in [-0.3, -0.25) is 9.59 Å². The number of anilines is 2. The number of halogens is 1. The second-order valence-electron chi connectivity index (χ2n) is 5.83. The normalized spacial score (nSPS) is 16.8. The van der Waals surface area contributed by atoms with E-state index in [2.05, 4.69) is 5.32 Å². The van der Waals surface area contributed by atoms with E-state index in [1.54, 1.807) is 29.2 Å². The quantitative estimate of drug-likeness (QED) is 0.886. The number of ether oxygens (including phenoxy) is 1. The zero-order valence-electron chi connectivity index (χ0n) is 13.9. The van der Waals surface area contributed by atoms with E-state index in [1.165, 1.54) is 0 Å². The van der Waals surface area contributed by atoms with E-state index in [9.17, 15) is 9.59 Å². The number of hydrogen-bond donors (Lipinski definition) is 1. The summed E-state index contributed by atoms with van der Waals surface area (Å²) in [6, 6.07) is 14.2. The van der Waals surface area contributed by atoms with Crippen molar-refractivity contribution in [2.75, 3.05) is 23.4 Å². The lowest BCUT2D eigenvalue weighted by atomic mass is 10.1. The molecule has 2 aromatic rings. The molecule has 0 saturated carbocycles. The molecule has 0 aromatic heterocycles. The Kier molecular flexibility index (Phi) is 5.24. The first kappa shape index (κ1) is 17.3. The molecule has 1 atom stereocenters. The summed E-state index contributed by atoms with van der Waals surface area (Å²) < 4.78 is 5.41. The second kappa shape index (κ2) is 7.57. The van der Waals surface area contributed by atoms with E-state index in [1.807, 2.05) is 31.2 Å². The maximum Gasteiger partial charge on any atom is 0.229 e. The Morgan fingerprint density at radius 1 is 1.20 bits per heavy atom. The Morgan fingerprint density at radius 2 is 1.88 bits per heavy atom. The van der Waals surface area contributed by atoms with Crippen LogP contribution in [0.15, 0.2) is 48.5 Å². The second-order valence-corrected chi connectivity index (χ2v) is 6.26. The minimum Gasteiger partial charge on any atom is -0.494 e. The van der Waals surface area contributed by atoms with Gasteiger partial charge in [-0.05, 0) is 55.5 Å². The standard InChI is InChI=1S/C19H19ClN2O3/c1-2-25-17-9-7-16(8-10-17)22-12-13(11-18(22)23)19(24)21-15-5-3-14(20)4-6-15/h3-10,13H,2,11-12H2,1H3,(H,21,24)/t13-/m1/s1. The van der Waals surface area contributed by atoms with E-state index >= 15 is 0 Å². The first-order valence-corrected chi connectivity index (χ1v) is 8.54. The smallest absolute Gasteiger partial charge is 0.229 e. The third-order valence-electron chi connectivity index (χ3n) is 4.07. The summed E-state index contributed by atoms with van der Waals surface area (Å²) in [4.78, 5) is 26.4. The van der Waals surface area contributed by atoms with Crippen LogP contribution in [-0.4, -0.2) is 25.0 Å². The SMILES string of the molecule is CCOc1ccc(N2C[C@H](C(=O)Nc3ccc(Cl)cc3)CC2=O)cc1. The van der Waals surface area contributed by atoms with Crippen LogP contribution in [0.1, 0.15) is 13.3 Å². The van der Waals surface area contributed by atoms with Gasteiger partial charge in [-0.2, -0.15) is 0 Å². The van der Waals surface area contributed by atoms with E-state index in [4.69, 9.17) is 16.3 Å². The molecular formula is C19H19ClN2O3. The summed E-state index contributed by atoms with van der Waals surface area (Å²) in [6.45, 7) is 2.88. The van der Waals surface area contributed by atoms with Gasteiger partial charge in [0.05, 0.1) is 12.5 Å². The first-order valence-electron chi connectivity index (χ1n) is 8.16. The number of carbonyl (C=O) groups excluding carboxylic acids is 2. The van der Waals surface area contributed by atoms with Crippen molar-refractivity contribution in [1.82, 2.24) is 0 Å². The van der Waals surface area contributed by atoms with Crippen molar-refractivity contribution in [2.24, 2.45) is 5.92 Å². The van der Waals surface area contributed by atoms with E-state index in [-0.39, 0.29) is 24.2 Å². The maximum absolute atomic E-state index is 12.4. The molecule has 2 amide bonds. The van der Waals surface area contributed by atoms with Gasteiger partial charge in [0.25, 0.3) is 0 Å². The van der Waals surface area contributed by atoms with Crippen LogP contribution in [0.25, 0.3) is 0 Å². The topological polar surface area (TPSA) is 58.6 Å². The summed E-state index contributed by atoms with van der Waals surface area (Å²) in [6.07, 6.45) is 0.201. The van der Waals surface area contributed by atoms with Gasteiger partial charge in [-0.25, -0.2) is 0 Å². The van der Waals surface area contributed by atoms with E-state index in [0.29, 0.717) is 23.9 Å². The molecule has 1 heterocycles. The van der Waals surface area contributed by atoms with Crippen molar-refractivity contribution < 1.29 is 14.3 Å². The maximum atomic E-state index is 12.4. The fourth-order valence-electron chi connectivity index (χ4n) is 2.80. The number of amides is 2. The first-order chi connectivity index (χ1) is 12.1. The molecule has 2 aromatic carbocycles. The summed E-state index contributed by atoms with van der Waals surface area (Å²) >= 11 is 5.84. The van der Waals surface area contributed by atoms with Crippen molar-refractivity contribution in [3.63, 3.8) is 0 Å². The number of nitrogens with one attached hydrogen (secondary N) is 1. The van der Waals surface area contributed by atoms with Crippen molar-refractivity contribution in [1.29, 1.82) is 0 Å². The van der Waals surface area contributed by atoms with Crippen LogP contribution < -0.4 is 15.0 Å². The molecule has 0 bridgehead atoms. The molecule has 6 heteroatoms. The Hall–Kier alpha value is -2.53. The molecule has 5 nitrogen and oxygen atoms in total. The highest BCUT2D eigenvalue weighted by molar-refractivity contribution is 6.30. The lowest BCUT2D eigenvalue weighted by molar-refractivity contribution is -0.122. The average Bonchev–Trinajstić information content (AvgIpc) is 3.00. The van der Waals surface area contributed by atoms with Gasteiger partial charge < -0.3 is 15.0 Å². The average molecular weight is 359 g/mol. The Labute approximate surface area is 151 Å². The molecule has 1 aliphatic heterocycles. The molecule has 3 rings (SSSR count). The summed E-state index contributed by atoms with van der Waals surface area (Å²) in [7, 11) is 0. The van der Waals surface area contributed by atoms with Crippen LogP contribution in [0, 0.1) is 5.92 Å². The number of hydrogen-bond acceptors (Lipinski definition) is 3. The highest BCUT2D eigenvalue weighted by atomic mass is 35.5. The minimum absolute atomic E-state index is 0.0552. The van der Waals surface area contributed by atoms with Crippen LogP contribution in [-0.2, 0) is 9.59 Å². The van der Waals surface area contributed by atoms with Gasteiger partial charge in [0.15, 0.2) is 0 Å². The largest absolute Gasteiger partial charge is 0.494 e. The molecule has 1 aliphatic rings. The van der Waals surface area contributed by atoms with Gasteiger partial charge in [0.2, 0.25) is 11.8 Å². The van der Waals surface area contributed by atoms with Gasteiger partial charge in [0, 0.05) is 29.4 Å². The molecule has 130 valence electrons. The van der Waals surface area contributed by atoms with Gasteiger partial charge in [0.1, 0.15) is 5.75 Å². The number of carbonyl (C=O) groups is 2. The monoisotopic (exact) mass is 358 g/mol. The van der Waals surface area contributed by atoms with Crippen molar-refractivity contribution in [3.05, 3.63) is 53.6 Å². The molecule has 0 radical (unpaired) electrons. The zero-order chi connectivity index (χ0) is 17.8. The zero-order valence-corrected chi connectivity index (χ0v) is 14.6. The van der Waals surface area contributed by atoms with Gasteiger partial charge >= 0.3 is 0 Å². The lowest BCUT2D eigenvalue weighted by Gasteiger charge is -2.17. The van der Waals surface area contributed by atoms with Gasteiger partial charge in [-0.15, -0.1) is 0 Å². The van der Waals surface area contributed by atoms with Crippen molar-refractivity contribution in [3.8, 4) is 5.75 Å². The number of rotatable bonds is 5. The fraction of sp³-hybridized carbons (Fsp3) is 0.263. The highest BCUT2D eigenvalue weighted by Gasteiger charge is 2.35. The Morgan fingerprint density at radius 3 is 2.52 bits per heavy atom. The Balaban J connectivity index is 1.65. The molecule has 25 heavy (non-hydrogen) atoms. The summed E-state index contributed by atoms with van der Waals surface area (Å²) in [5.74, 6) is 0.161. The molecule has 0 unspecified atom stereocenters. The molecule has 0 spiro atoms. The van der Waals surface area contributed by atoms with Crippen molar-refractivity contribution >= 4 is 34.8 Å². The van der Waals surface area contributed by atoms with Crippen molar-refractivity contribution in [2.45, 2.75) is 13.3 Å². The van der Waals surface area contributed by atoms with Crippen LogP contribution in [0.2, 0.25) is 5.02 Å². The Bertz CT molecular complexity index is 759. The summed E-state index contributed by atoms with van der Waals surface area (Å²) in [5.41, 5.74) is 1.44. The van der Waals surface area contributed by atoms with Crippen LogP contribution in [0.5, 0.6) is 5.75 Å².